The Kier molecular flexibility index (Phi) is 6.46. The maximum atomic E-state index is 14.1. The molecule has 0 saturated carbocycles. The zero-order valence-electron chi connectivity index (χ0n) is 18.6. The number of aryl methyl sites for hydroxylation is 2. The van der Waals surface area contributed by atoms with Crippen molar-refractivity contribution in [3.8, 4) is 0 Å². The lowest BCUT2D eigenvalue weighted by molar-refractivity contribution is -0.137. The minimum absolute atomic E-state index is 0.0520. The van der Waals surface area contributed by atoms with Crippen molar-refractivity contribution < 1.29 is 22.4 Å². The third-order valence-electron chi connectivity index (χ3n) is 5.84. The number of carbonyl (C=O) groups is 1. The molecule has 2 aromatic heterocycles. The van der Waals surface area contributed by atoms with Gasteiger partial charge in [-0.3, -0.25) is 14.2 Å². The molecule has 0 fully saturated rings. The van der Waals surface area contributed by atoms with Gasteiger partial charge in [0, 0.05) is 30.8 Å². The number of nitrogens with two attached hydrogens (primary N) is 1. The van der Waals surface area contributed by atoms with Crippen LogP contribution in [0.4, 0.5) is 29.1 Å². The molecule has 1 atom stereocenters. The van der Waals surface area contributed by atoms with Gasteiger partial charge in [-0.05, 0) is 43.2 Å². The van der Waals surface area contributed by atoms with Crippen LogP contribution in [-0.2, 0) is 30.5 Å². The number of nitrogens with zero attached hydrogens (tertiary/aromatic N) is 3. The van der Waals surface area contributed by atoms with E-state index in [9.17, 15) is 27.2 Å². The molecule has 12 heteroatoms. The number of amides is 1. The summed E-state index contributed by atoms with van der Waals surface area (Å²) in [6.45, 7) is 1.59. The lowest BCUT2D eigenvalue weighted by Gasteiger charge is -2.16. The lowest BCUT2D eigenvalue weighted by atomic mass is 10.1. The number of rotatable bonds is 6. The fraction of sp³-hybridized carbons (Fsp3) is 0.304. The zero-order chi connectivity index (χ0) is 25.3. The van der Waals surface area contributed by atoms with Crippen molar-refractivity contribution in [2.24, 2.45) is 0 Å². The van der Waals surface area contributed by atoms with Crippen molar-refractivity contribution in [2.75, 3.05) is 11.1 Å². The summed E-state index contributed by atoms with van der Waals surface area (Å²) in [6, 6.07) is 4.63. The first-order chi connectivity index (χ1) is 16.5. The number of aromatic nitrogens is 3. The summed E-state index contributed by atoms with van der Waals surface area (Å²) >= 11 is 0. The Balaban J connectivity index is 1.50. The van der Waals surface area contributed by atoms with E-state index in [1.54, 1.807) is 19.1 Å². The maximum absolute atomic E-state index is 14.1. The van der Waals surface area contributed by atoms with E-state index in [0.717, 1.165) is 11.6 Å². The van der Waals surface area contributed by atoms with Crippen LogP contribution in [-0.4, -0.2) is 20.4 Å². The molecule has 1 aliphatic rings. The summed E-state index contributed by atoms with van der Waals surface area (Å²) in [5, 5.41) is 5.44. The number of nitrogens with one attached hydrogen (secondary N) is 2. The molecule has 184 valence electrons. The van der Waals surface area contributed by atoms with Crippen LogP contribution in [0.15, 0.2) is 41.3 Å². The number of hydrogen-bond donors (Lipinski definition) is 3. The molecule has 0 aliphatic carbocycles. The van der Waals surface area contributed by atoms with Crippen molar-refractivity contribution >= 4 is 17.4 Å². The van der Waals surface area contributed by atoms with E-state index in [1.165, 1.54) is 10.8 Å². The number of halogens is 4. The second kappa shape index (κ2) is 9.35. The summed E-state index contributed by atoms with van der Waals surface area (Å²) in [7, 11) is 0. The molecule has 1 amide bonds. The van der Waals surface area contributed by atoms with Gasteiger partial charge in [-0.25, -0.2) is 14.4 Å². The van der Waals surface area contributed by atoms with E-state index in [4.69, 9.17) is 5.73 Å². The maximum Gasteiger partial charge on any atom is 0.416 e. The van der Waals surface area contributed by atoms with Crippen molar-refractivity contribution in [1.82, 2.24) is 19.9 Å². The van der Waals surface area contributed by atoms with E-state index in [0.29, 0.717) is 42.3 Å². The average molecular weight is 490 g/mol. The molecule has 0 radical (unpaired) electrons. The third-order valence-corrected chi connectivity index (χ3v) is 5.84. The van der Waals surface area contributed by atoms with E-state index >= 15 is 0 Å². The summed E-state index contributed by atoms with van der Waals surface area (Å²) < 4.78 is 54.2. The normalized spacial score (nSPS) is 15.1. The third kappa shape index (κ3) is 5.10. The fourth-order valence-corrected chi connectivity index (χ4v) is 3.95. The quantitative estimate of drug-likeness (QED) is 0.458. The van der Waals surface area contributed by atoms with Gasteiger partial charge in [-0.1, -0.05) is 6.07 Å². The molecule has 1 aliphatic heterocycles. The van der Waals surface area contributed by atoms with Gasteiger partial charge in [0.05, 0.1) is 11.8 Å². The molecule has 3 aromatic rings. The van der Waals surface area contributed by atoms with Gasteiger partial charge >= 0.3 is 6.18 Å². The van der Waals surface area contributed by atoms with E-state index in [-0.39, 0.29) is 30.2 Å². The molecule has 35 heavy (non-hydrogen) atoms. The number of nitrogen functional groups attached to an aromatic ring is 1. The largest absolute Gasteiger partial charge is 0.416 e. The first-order valence-corrected chi connectivity index (χ1v) is 10.7. The van der Waals surface area contributed by atoms with Gasteiger partial charge in [-0.2, -0.15) is 13.2 Å². The number of anilines is 2. The predicted molar refractivity (Wildman–Crippen MR) is 120 cm³/mol. The van der Waals surface area contributed by atoms with Crippen molar-refractivity contribution in [3.05, 3.63) is 80.9 Å². The lowest BCUT2D eigenvalue weighted by Crippen LogP contribution is -2.36. The van der Waals surface area contributed by atoms with E-state index < -0.39 is 29.2 Å². The van der Waals surface area contributed by atoms with Gasteiger partial charge in [-0.15, -0.1) is 0 Å². The molecule has 1 aromatic carbocycles. The SMILES string of the molecule is Cc1nc(N)ccc1CNC(=O)[C@@H]1CCc2ncc(NCc3cc(C(F)(F)F)ccc3F)c(=O)n21. The Hall–Kier alpha value is -3.96. The highest BCUT2D eigenvalue weighted by atomic mass is 19.4. The molecular formula is C23H22F4N6O2. The highest BCUT2D eigenvalue weighted by molar-refractivity contribution is 5.81. The number of pyridine rings is 1. The fourth-order valence-electron chi connectivity index (χ4n) is 3.95. The molecule has 0 spiro atoms. The Bertz CT molecular complexity index is 1340. The van der Waals surface area contributed by atoms with Crippen LogP contribution in [0.1, 0.15) is 40.7 Å². The highest BCUT2D eigenvalue weighted by Gasteiger charge is 2.32. The van der Waals surface area contributed by atoms with Crippen LogP contribution >= 0.6 is 0 Å². The minimum Gasteiger partial charge on any atom is -0.384 e. The first kappa shape index (κ1) is 24.2. The molecule has 0 bridgehead atoms. The van der Waals surface area contributed by atoms with Gasteiger partial charge in [0.15, 0.2) is 0 Å². The molecule has 4 N–H and O–H groups in total. The van der Waals surface area contributed by atoms with Crippen molar-refractivity contribution in [2.45, 2.75) is 45.1 Å². The summed E-state index contributed by atoms with van der Waals surface area (Å²) in [5.74, 6) is -0.448. The van der Waals surface area contributed by atoms with Gasteiger partial charge in [0.2, 0.25) is 5.91 Å². The van der Waals surface area contributed by atoms with Crippen molar-refractivity contribution in [1.29, 1.82) is 0 Å². The van der Waals surface area contributed by atoms with Crippen molar-refractivity contribution in [3.63, 3.8) is 0 Å². The van der Waals surface area contributed by atoms with Crippen LogP contribution in [0.5, 0.6) is 0 Å². The Morgan fingerprint density at radius 3 is 2.69 bits per heavy atom. The monoisotopic (exact) mass is 490 g/mol. The first-order valence-electron chi connectivity index (χ1n) is 10.7. The van der Waals surface area contributed by atoms with Gasteiger partial charge < -0.3 is 16.4 Å². The second-order valence-corrected chi connectivity index (χ2v) is 8.17. The number of carbonyl (C=O) groups excluding carboxylic acids is 1. The number of benzene rings is 1. The zero-order valence-corrected chi connectivity index (χ0v) is 18.6. The topological polar surface area (TPSA) is 115 Å². The standard InChI is InChI=1S/C23H22F4N6O2/c1-12-13(2-6-19(28)32-12)9-31-21(34)18-5-7-20-30-11-17(22(35)33(18)20)29-10-14-8-15(23(25,26)27)3-4-16(14)24/h2-4,6,8,11,18,29H,5,7,9-10H2,1H3,(H2,28,32)(H,31,34)/t18-/m0/s1. The van der Waals surface area contributed by atoms with Crippen LogP contribution in [0.2, 0.25) is 0 Å². The Labute approximate surface area is 197 Å². The van der Waals surface area contributed by atoms with Gasteiger partial charge in [0.25, 0.3) is 5.56 Å². The Morgan fingerprint density at radius 2 is 1.97 bits per heavy atom. The smallest absolute Gasteiger partial charge is 0.384 e. The average Bonchev–Trinajstić information content (AvgIpc) is 3.23. The molecule has 3 heterocycles. The summed E-state index contributed by atoms with van der Waals surface area (Å²) in [5.41, 5.74) is 5.21. The minimum atomic E-state index is -4.63. The number of alkyl halides is 3. The molecule has 0 unspecified atom stereocenters. The van der Waals surface area contributed by atoms with Crippen LogP contribution in [0.3, 0.4) is 0 Å². The summed E-state index contributed by atoms with van der Waals surface area (Å²) in [6.07, 6.45) is -2.63. The highest BCUT2D eigenvalue weighted by Crippen LogP contribution is 2.30. The van der Waals surface area contributed by atoms with Crippen LogP contribution in [0, 0.1) is 12.7 Å². The molecule has 4 rings (SSSR count). The molecule has 0 saturated heterocycles. The van der Waals surface area contributed by atoms with Crippen LogP contribution in [0.25, 0.3) is 0 Å². The van der Waals surface area contributed by atoms with E-state index in [2.05, 4.69) is 20.6 Å². The van der Waals surface area contributed by atoms with Crippen LogP contribution < -0.4 is 21.9 Å². The number of hydrogen-bond acceptors (Lipinski definition) is 6. The molecule has 8 nitrogen and oxygen atoms in total. The Morgan fingerprint density at radius 1 is 1.20 bits per heavy atom. The van der Waals surface area contributed by atoms with Gasteiger partial charge in [0.1, 0.15) is 29.2 Å². The number of fused-ring (bicyclic) bond motifs is 1. The molecular weight excluding hydrogens is 468 g/mol. The van der Waals surface area contributed by atoms with E-state index in [1.807, 2.05) is 0 Å². The summed E-state index contributed by atoms with van der Waals surface area (Å²) in [4.78, 5) is 34.3. The predicted octanol–water partition coefficient (Wildman–Crippen LogP) is 3.10. The second-order valence-electron chi connectivity index (χ2n) is 8.17.